The van der Waals surface area contributed by atoms with Crippen LogP contribution in [0, 0.1) is 18.3 Å². The first-order chi connectivity index (χ1) is 16.4. The second kappa shape index (κ2) is 10.8. The van der Waals surface area contributed by atoms with Gasteiger partial charge in [-0.05, 0) is 62.8 Å². The summed E-state index contributed by atoms with van der Waals surface area (Å²) >= 11 is 9.08. The molecule has 1 amide bonds. The second-order valence-corrected chi connectivity index (χ2v) is 10.8. The first kappa shape index (κ1) is 24.6. The van der Waals surface area contributed by atoms with Gasteiger partial charge in [-0.25, -0.2) is 0 Å². The summed E-state index contributed by atoms with van der Waals surface area (Å²) in [5, 5.41) is 22.9. The van der Waals surface area contributed by atoms with E-state index in [0.717, 1.165) is 36.8 Å². The summed E-state index contributed by atoms with van der Waals surface area (Å²) in [5.41, 5.74) is 2.80. The molecule has 0 radical (unpaired) electrons. The van der Waals surface area contributed by atoms with Gasteiger partial charge in [0.25, 0.3) is 0 Å². The lowest BCUT2D eigenvalue weighted by Gasteiger charge is -2.15. The standard InChI is InChI=1S/C24H26ClN5O2S2/c1-14-9-10-18(25)19(11-14)32-15(2)22-28-29-24(30(22)3)33-13-21(31)27-23-17(12-26)16-7-5-4-6-8-20(16)34-23/h9-11,15H,4-8,13H2,1-3H3,(H,27,31). The molecule has 4 rings (SSSR count). The number of nitriles is 1. The minimum atomic E-state index is -0.375. The Balaban J connectivity index is 1.39. The maximum atomic E-state index is 12.7. The van der Waals surface area contributed by atoms with Gasteiger partial charge in [0.2, 0.25) is 5.91 Å². The summed E-state index contributed by atoms with van der Waals surface area (Å²) in [6, 6.07) is 7.92. The van der Waals surface area contributed by atoms with E-state index in [-0.39, 0.29) is 17.8 Å². The molecule has 0 bridgehead atoms. The number of halogens is 1. The fourth-order valence-corrected chi connectivity index (χ4v) is 6.13. The summed E-state index contributed by atoms with van der Waals surface area (Å²) < 4.78 is 7.83. The van der Waals surface area contributed by atoms with Crippen molar-refractivity contribution in [2.75, 3.05) is 11.1 Å². The van der Waals surface area contributed by atoms with Gasteiger partial charge in [-0.15, -0.1) is 21.5 Å². The smallest absolute Gasteiger partial charge is 0.235 e. The van der Waals surface area contributed by atoms with Gasteiger partial charge >= 0.3 is 0 Å². The molecule has 1 N–H and O–H groups in total. The number of nitrogens with one attached hydrogen (secondary N) is 1. The fourth-order valence-electron chi connectivity index (χ4n) is 3.99. The van der Waals surface area contributed by atoms with E-state index in [1.54, 1.807) is 6.07 Å². The van der Waals surface area contributed by atoms with Crippen molar-refractivity contribution in [3.63, 3.8) is 0 Å². The molecule has 3 aromatic rings. The Bertz CT molecular complexity index is 1250. The zero-order chi connectivity index (χ0) is 24.2. The van der Waals surface area contributed by atoms with Crippen LogP contribution in [0.5, 0.6) is 5.75 Å². The molecule has 10 heteroatoms. The number of rotatable bonds is 7. The van der Waals surface area contributed by atoms with Crippen LogP contribution in [0.3, 0.4) is 0 Å². The maximum absolute atomic E-state index is 12.7. The van der Waals surface area contributed by atoms with Gasteiger partial charge in [-0.1, -0.05) is 35.9 Å². The molecule has 1 atom stereocenters. The van der Waals surface area contributed by atoms with E-state index in [0.29, 0.717) is 32.3 Å². The van der Waals surface area contributed by atoms with Crippen LogP contribution in [0.1, 0.15) is 59.7 Å². The van der Waals surface area contributed by atoms with Gasteiger partial charge in [0.05, 0.1) is 16.3 Å². The largest absolute Gasteiger partial charge is 0.481 e. The van der Waals surface area contributed by atoms with E-state index in [1.807, 2.05) is 37.6 Å². The number of carbonyl (C=O) groups excluding carboxylic acids is 1. The van der Waals surface area contributed by atoms with Crippen LogP contribution in [-0.4, -0.2) is 26.4 Å². The monoisotopic (exact) mass is 515 g/mol. The number of thiophene rings is 1. The Kier molecular flexibility index (Phi) is 7.81. The van der Waals surface area contributed by atoms with Gasteiger partial charge in [0, 0.05) is 11.9 Å². The van der Waals surface area contributed by atoms with Gasteiger partial charge in [-0.2, -0.15) is 5.26 Å². The number of benzene rings is 1. The number of anilines is 1. The van der Waals surface area contributed by atoms with Crippen molar-refractivity contribution in [3.05, 3.63) is 50.6 Å². The predicted octanol–water partition coefficient (Wildman–Crippen LogP) is 5.85. The normalized spacial score (nSPS) is 14.1. The van der Waals surface area contributed by atoms with Gasteiger partial charge < -0.3 is 14.6 Å². The van der Waals surface area contributed by atoms with Crippen LogP contribution >= 0.6 is 34.7 Å². The number of aryl methyl sites for hydroxylation is 2. The van der Waals surface area contributed by atoms with Gasteiger partial charge in [0.1, 0.15) is 16.8 Å². The number of hydrogen-bond acceptors (Lipinski definition) is 7. The Morgan fingerprint density at radius 3 is 2.94 bits per heavy atom. The second-order valence-electron chi connectivity index (χ2n) is 8.31. The molecule has 34 heavy (non-hydrogen) atoms. The number of carbonyl (C=O) groups is 1. The molecule has 0 saturated carbocycles. The summed E-state index contributed by atoms with van der Waals surface area (Å²) in [6.45, 7) is 3.86. The zero-order valence-electron chi connectivity index (χ0n) is 19.4. The number of fused-ring (bicyclic) bond motifs is 1. The Hall–Kier alpha value is -2.54. The third-order valence-corrected chi connectivity index (χ3v) is 8.28. The van der Waals surface area contributed by atoms with Crippen molar-refractivity contribution in [2.24, 2.45) is 7.05 Å². The lowest BCUT2D eigenvalue weighted by Crippen LogP contribution is -2.15. The van der Waals surface area contributed by atoms with Crippen LogP contribution in [0.4, 0.5) is 5.00 Å². The number of amides is 1. The van der Waals surface area contributed by atoms with Gasteiger partial charge in [0.15, 0.2) is 17.1 Å². The van der Waals surface area contributed by atoms with E-state index < -0.39 is 0 Å². The maximum Gasteiger partial charge on any atom is 0.235 e. The number of thioether (sulfide) groups is 1. The minimum absolute atomic E-state index is 0.165. The van der Waals surface area contributed by atoms with E-state index in [9.17, 15) is 10.1 Å². The zero-order valence-corrected chi connectivity index (χ0v) is 21.7. The highest BCUT2D eigenvalue weighted by Crippen LogP contribution is 2.37. The Labute approximate surface area is 212 Å². The third kappa shape index (κ3) is 5.40. The SMILES string of the molecule is Cc1ccc(Cl)c(OC(C)c2nnc(SCC(=O)Nc3sc4c(c3C#N)CCCCC4)n2C)c1. The lowest BCUT2D eigenvalue weighted by molar-refractivity contribution is -0.113. The molecule has 2 aromatic heterocycles. The quantitative estimate of drug-likeness (QED) is 0.313. The van der Waals surface area contributed by atoms with Crippen LogP contribution in [0.25, 0.3) is 0 Å². The first-order valence-corrected chi connectivity index (χ1v) is 13.3. The number of hydrogen-bond donors (Lipinski definition) is 1. The molecule has 1 aromatic carbocycles. The van der Waals surface area contributed by atoms with E-state index in [1.165, 1.54) is 34.4 Å². The van der Waals surface area contributed by atoms with Crippen LogP contribution in [0.2, 0.25) is 5.02 Å². The molecule has 2 heterocycles. The molecular formula is C24H26ClN5O2S2. The fraction of sp³-hybridized carbons (Fsp3) is 0.417. The summed E-state index contributed by atoms with van der Waals surface area (Å²) in [4.78, 5) is 13.9. The lowest BCUT2D eigenvalue weighted by atomic mass is 10.1. The number of ether oxygens (including phenoxy) is 1. The minimum Gasteiger partial charge on any atom is -0.481 e. The molecule has 1 aliphatic rings. The topological polar surface area (TPSA) is 92.8 Å². The summed E-state index contributed by atoms with van der Waals surface area (Å²) in [7, 11) is 1.84. The summed E-state index contributed by atoms with van der Waals surface area (Å²) in [5.74, 6) is 1.22. The third-order valence-electron chi connectivity index (χ3n) is 5.74. The summed E-state index contributed by atoms with van der Waals surface area (Å²) in [6.07, 6.45) is 4.93. The molecular weight excluding hydrogens is 490 g/mol. The molecule has 1 aliphatic carbocycles. The molecule has 0 saturated heterocycles. The van der Waals surface area contributed by atoms with Crippen molar-refractivity contribution < 1.29 is 9.53 Å². The number of aromatic nitrogens is 3. The van der Waals surface area contributed by atoms with Crippen molar-refractivity contribution in [1.29, 1.82) is 5.26 Å². The molecule has 0 spiro atoms. The van der Waals surface area contributed by atoms with E-state index >= 15 is 0 Å². The predicted molar refractivity (Wildman–Crippen MR) is 136 cm³/mol. The Morgan fingerprint density at radius 2 is 2.15 bits per heavy atom. The van der Waals surface area contributed by atoms with Crippen molar-refractivity contribution in [2.45, 2.75) is 57.2 Å². The first-order valence-electron chi connectivity index (χ1n) is 11.2. The molecule has 0 aliphatic heterocycles. The number of nitrogens with zero attached hydrogens (tertiary/aromatic N) is 4. The van der Waals surface area contributed by atoms with Crippen molar-refractivity contribution in [1.82, 2.24) is 14.8 Å². The Morgan fingerprint density at radius 1 is 1.35 bits per heavy atom. The van der Waals surface area contributed by atoms with Crippen LogP contribution in [-0.2, 0) is 24.7 Å². The van der Waals surface area contributed by atoms with Crippen molar-refractivity contribution in [3.8, 4) is 11.8 Å². The molecule has 1 unspecified atom stereocenters. The average Bonchev–Trinajstić information content (AvgIpc) is 3.24. The molecule has 7 nitrogen and oxygen atoms in total. The average molecular weight is 516 g/mol. The van der Waals surface area contributed by atoms with Crippen LogP contribution in [0.15, 0.2) is 23.4 Å². The highest BCUT2D eigenvalue weighted by Gasteiger charge is 2.22. The van der Waals surface area contributed by atoms with E-state index in [4.69, 9.17) is 16.3 Å². The van der Waals surface area contributed by atoms with Gasteiger partial charge in [-0.3, -0.25) is 4.79 Å². The highest BCUT2D eigenvalue weighted by atomic mass is 35.5. The van der Waals surface area contributed by atoms with E-state index in [2.05, 4.69) is 21.6 Å². The molecule has 178 valence electrons. The molecule has 0 fully saturated rings. The highest BCUT2D eigenvalue weighted by molar-refractivity contribution is 7.99. The van der Waals surface area contributed by atoms with Crippen molar-refractivity contribution >= 4 is 45.6 Å². The van der Waals surface area contributed by atoms with Crippen LogP contribution < -0.4 is 10.1 Å².